The maximum atomic E-state index is 12.5. The van der Waals surface area contributed by atoms with Gasteiger partial charge in [0.25, 0.3) is 5.91 Å². The van der Waals surface area contributed by atoms with Crippen molar-refractivity contribution in [1.82, 2.24) is 20.2 Å². The second-order valence-corrected chi connectivity index (χ2v) is 5.80. The molecule has 2 aromatic rings. The number of aromatic nitrogens is 2. The molecule has 1 amide bonds. The molecule has 7 nitrogen and oxygen atoms in total. The van der Waals surface area contributed by atoms with Crippen LogP contribution in [0.3, 0.4) is 0 Å². The fourth-order valence-electron chi connectivity index (χ4n) is 3.13. The number of imidazole rings is 1. The molecule has 1 aromatic heterocycles. The van der Waals surface area contributed by atoms with Gasteiger partial charge in [-0.05, 0) is 38.1 Å². The average Bonchev–Trinajstić information content (AvgIpc) is 2.91. The van der Waals surface area contributed by atoms with Gasteiger partial charge in [0.05, 0.1) is 11.0 Å². The van der Waals surface area contributed by atoms with Crippen molar-refractivity contribution in [3.63, 3.8) is 0 Å². The predicted octanol–water partition coefficient (Wildman–Crippen LogP) is 0.636. The largest absolute Gasteiger partial charge is 0.368 e. The normalized spacial score (nSPS) is 16.5. The van der Waals surface area contributed by atoms with E-state index in [-0.39, 0.29) is 24.0 Å². The first-order valence-corrected chi connectivity index (χ1v) is 7.88. The minimum atomic E-state index is -0.754. The Balaban J connectivity index is 0.00000208. The van der Waals surface area contributed by atoms with Crippen LogP contribution in [0.4, 0.5) is 0 Å². The molecule has 0 bridgehead atoms. The van der Waals surface area contributed by atoms with Gasteiger partial charge in [-0.3, -0.25) is 9.36 Å². The zero-order chi connectivity index (χ0) is 16.3. The number of halogens is 1. The fourth-order valence-corrected chi connectivity index (χ4v) is 3.13. The maximum Gasteiger partial charge on any atom is 0.326 e. The number of carbonyl (C=O) groups is 1. The van der Waals surface area contributed by atoms with E-state index in [1.807, 2.05) is 24.3 Å². The number of piperidine rings is 1. The summed E-state index contributed by atoms with van der Waals surface area (Å²) in [7, 11) is 1.58. The molecule has 24 heavy (non-hydrogen) atoms. The average molecular weight is 355 g/mol. The Kier molecular flexibility index (Phi) is 6.04. The van der Waals surface area contributed by atoms with Crippen LogP contribution in [0.5, 0.6) is 0 Å². The van der Waals surface area contributed by atoms with Crippen molar-refractivity contribution < 1.29 is 9.53 Å². The number of carbonyl (C=O) groups excluding carboxylic acids is 1. The van der Waals surface area contributed by atoms with Crippen LogP contribution in [0.2, 0.25) is 0 Å². The molecule has 0 radical (unpaired) electrons. The standard InChI is InChI=1S/C16H22N4O3.ClH/c1-23-16(6-8-17-9-7-16)14(21)18-10-11-20-13-5-3-2-4-12(13)19-15(20)22;/h2-5,17H,6-11H2,1H3,(H,18,21)(H,19,22);1H. The Morgan fingerprint density at radius 2 is 2.04 bits per heavy atom. The van der Waals surface area contributed by atoms with E-state index < -0.39 is 5.60 Å². The molecule has 2 heterocycles. The number of benzene rings is 1. The maximum absolute atomic E-state index is 12.5. The molecular formula is C16H23ClN4O3. The number of hydrogen-bond donors (Lipinski definition) is 3. The molecule has 1 saturated heterocycles. The number of nitrogens with one attached hydrogen (secondary N) is 3. The van der Waals surface area contributed by atoms with Crippen molar-refractivity contribution in [3.8, 4) is 0 Å². The molecule has 1 aromatic carbocycles. The lowest BCUT2D eigenvalue weighted by molar-refractivity contribution is -0.146. The lowest BCUT2D eigenvalue weighted by Crippen LogP contribution is -2.54. The van der Waals surface area contributed by atoms with E-state index in [0.717, 1.165) is 24.1 Å². The topological polar surface area (TPSA) is 88.2 Å². The summed E-state index contributed by atoms with van der Waals surface area (Å²) in [5.74, 6) is -0.102. The molecule has 0 atom stereocenters. The zero-order valence-electron chi connectivity index (χ0n) is 13.6. The van der Waals surface area contributed by atoms with Crippen LogP contribution in [-0.2, 0) is 16.1 Å². The Labute approximate surface area is 146 Å². The van der Waals surface area contributed by atoms with Crippen molar-refractivity contribution in [2.24, 2.45) is 0 Å². The Morgan fingerprint density at radius 1 is 1.33 bits per heavy atom. The van der Waals surface area contributed by atoms with Gasteiger partial charge in [0.15, 0.2) is 0 Å². The quantitative estimate of drug-likeness (QED) is 0.735. The van der Waals surface area contributed by atoms with E-state index in [1.165, 1.54) is 0 Å². The number of hydrogen-bond acceptors (Lipinski definition) is 4. The molecular weight excluding hydrogens is 332 g/mol. The number of aromatic amines is 1. The molecule has 0 spiro atoms. The van der Waals surface area contributed by atoms with Crippen molar-refractivity contribution >= 4 is 29.3 Å². The molecule has 0 aliphatic carbocycles. The molecule has 0 saturated carbocycles. The summed E-state index contributed by atoms with van der Waals surface area (Å²) in [5, 5.41) is 6.13. The number of ether oxygens (including phenoxy) is 1. The van der Waals surface area contributed by atoms with Crippen molar-refractivity contribution in [1.29, 1.82) is 0 Å². The second kappa shape index (κ2) is 7.83. The van der Waals surface area contributed by atoms with E-state index in [9.17, 15) is 9.59 Å². The monoisotopic (exact) mass is 354 g/mol. The van der Waals surface area contributed by atoms with Gasteiger partial charge in [-0.15, -0.1) is 12.4 Å². The van der Waals surface area contributed by atoms with E-state index in [2.05, 4.69) is 15.6 Å². The Hall–Kier alpha value is -1.83. The fraction of sp³-hybridized carbons (Fsp3) is 0.500. The zero-order valence-corrected chi connectivity index (χ0v) is 14.4. The molecule has 0 unspecified atom stereocenters. The summed E-state index contributed by atoms with van der Waals surface area (Å²) in [6, 6.07) is 7.52. The van der Waals surface area contributed by atoms with Crippen LogP contribution in [0, 0.1) is 0 Å². The first kappa shape index (κ1) is 18.5. The van der Waals surface area contributed by atoms with E-state index in [0.29, 0.717) is 25.9 Å². The smallest absolute Gasteiger partial charge is 0.326 e. The highest BCUT2D eigenvalue weighted by Gasteiger charge is 2.39. The van der Waals surface area contributed by atoms with Crippen molar-refractivity contribution in [2.45, 2.75) is 25.0 Å². The number of para-hydroxylation sites is 2. The van der Waals surface area contributed by atoms with Crippen LogP contribution < -0.4 is 16.3 Å². The van der Waals surface area contributed by atoms with Crippen LogP contribution in [0.25, 0.3) is 11.0 Å². The van der Waals surface area contributed by atoms with Crippen molar-refractivity contribution in [2.75, 3.05) is 26.7 Å². The third-order valence-corrected chi connectivity index (χ3v) is 4.52. The van der Waals surface area contributed by atoms with Crippen LogP contribution >= 0.6 is 12.4 Å². The summed E-state index contributed by atoms with van der Waals surface area (Å²) in [4.78, 5) is 27.3. The summed E-state index contributed by atoms with van der Waals surface area (Å²) in [6.07, 6.45) is 1.31. The number of fused-ring (bicyclic) bond motifs is 1. The molecule has 3 rings (SSSR count). The van der Waals surface area contributed by atoms with E-state index >= 15 is 0 Å². The summed E-state index contributed by atoms with van der Waals surface area (Å²) in [6.45, 7) is 2.35. The van der Waals surface area contributed by atoms with Crippen LogP contribution in [0.15, 0.2) is 29.1 Å². The summed E-state index contributed by atoms with van der Waals surface area (Å²) in [5.41, 5.74) is 0.727. The number of rotatable bonds is 5. The summed E-state index contributed by atoms with van der Waals surface area (Å²) >= 11 is 0. The minimum Gasteiger partial charge on any atom is -0.368 e. The van der Waals surface area contributed by atoms with Crippen LogP contribution in [-0.4, -0.2) is 47.8 Å². The summed E-state index contributed by atoms with van der Waals surface area (Å²) < 4.78 is 7.13. The van der Waals surface area contributed by atoms with Gasteiger partial charge in [-0.1, -0.05) is 12.1 Å². The highest BCUT2D eigenvalue weighted by molar-refractivity contribution is 5.85. The van der Waals surface area contributed by atoms with Crippen molar-refractivity contribution in [3.05, 3.63) is 34.7 Å². The Bertz CT molecular complexity index is 749. The number of H-pyrrole nitrogens is 1. The Morgan fingerprint density at radius 3 is 2.75 bits per heavy atom. The van der Waals surface area contributed by atoms with Gasteiger partial charge in [-0.25, -0.2) is 4.79 Å². The molecule has 1 fully saturated rings. The van der Waals surface area contributed by atoms with Gasteiger partial charge in [0.2, 0.25) is 0 Å². The predicted molar refractivity (Wildman–Crippen MR) is 94.7 cm³/mol. The molecule has 8 heteroatoms. The number of methoxy groups -OCH3 is 1. The van der Waals surface area contributed by atoms with Gasteiger partial charge in [-0.2, -0.15) is 0 Å². The second-order valence-electron chi connectivity index (χ2n) is 5.80. The lowest BCUT2D eigenvalue weighted by Gasteiger charge is -2.34. The first-order chi connectivity index (χ1) is 11.2. The minimum absolute atomic E-state index is 0. The molecule has 3 N–H and O–H groups in total. The highest BCUT2D eigenvalue weighted by Crippen LogP contribution is 2.22. The van der Waals surface area contributed by atoms with E-state index in [4.69, 9.17) is 4.74 Å². The molecule has 1 aliphatic rings. The van der Waals surface area contributed by atoms with Crippen LogP contribution in [0.1, 0.15) is 12.8 Å². The van der Waals surface area contributed by atoms with Gasteiger partial charge < -0.3 is 20.4 Å². The van der Waals surface area contributed by atoms with Gasteiger partial charge in [0, 0.05) is 20.2 Å². The highest BCUT2D eigenvalue weighted by atomic mass is 35.5. The third-order valence-electron chi connectivity index (χ3n) is 4.52. The third kappa shape index (κ3) is 3.48. The first-order valence-electron chi connectivity index (χ1n) is 7.88. The van der Waals surface area contributed by atoms with Gasteiger partial charge in [0.1, 0.15) is 5.60 Å². The van der Waals surface area contributed by atoms with Gasteiger partial charge >= 0.3 is 5.69 Å². The molecule has 132 valence electrons. The molecule has 1 aliphatic heterocycles. The SMILES string of the molecule is COC1(C(=O)NCCn2c(=O)[nH]c3ccccc32)CCNCC1.Cl. The number of nitrogens with zero attached hydrogens (tertiary/aromatic N) is 1. The number of amides is 1. The van der Waals surface area contributed by atoms with E-state index in [1.54, 1.807) is 11.7 Å². The lowest BCUT2D eigenvalue weighted by atomic mass is 9.91.